The molecule has 1 N–H and O–H groups in total. The molecule has 0 unspecified atom stereocenters. The normalized spacial score (nSPS) is 13.9. The highest BCUT2D eigenvalue weighted by Crippen LogP contribution is 2.31. The Morgan fingerprint density at radius 2 is 1.79 bits per heavy atom. The minimum absolute atomic E-state index is 0.0444. The molecule has 0 aliphatic carbocycles. The minimum atomic E-state index is -0.562. The predicted octanol–water partition coefficient (Wildman–Crippen LogP) is 6.01. The van der Waals surface area contributed by atoms with Crippen molar-refractivity contribution in [1.29, 1.82) is 0 Å². The third kappa shape index (κ3) is 5.14. The van der Waals surface area contributed by atoms with Crippen LogP contribution < -0.4 is 10.2 Å². The average molecular weight is 470 g/mol. The summed E-state index contributed by atoms with van der Waals surface area (Å²) in [6.07, 6.45) is 0.640. The van der Waals surface area contributed by atoms with Crippen LogP contribution in [0, 0.1) is 18.6 Å². The van der Waals surface area contributed by atoms with Gasteiger partial charge in [0.15, 0.2) is 0 Å². The second kappa shape index (κ2) is 9.58. The molecule has 1 heterocycles. The molecule has 0 aromatic heterocycles. The molecule has 1 aliphatic rings. The Bertz CT molecular complexity index is 1200. The Kier molecular flexibility index (Phi) is 6.60. The van der Waals surface area contributed by atoms with E-state index in [-0.39, 0.29) is 24.0 Å². The summed E-state index contributed by atoms with van der Waals surface area (Å²) in [6.45, 7) is 2.70. The monoisotopic (exact) mass is 469 g/mol. The number of nitrogens with zero attached hydrogens (tertiary/aromatic N) is 2. The van der Waals surface area contributed by atoms with E-state index in [0.717, 1.165) is 23.8 Å². The molecule has 4 rings (SSSR count). The van der Waals surface area contributed by atoms with Gasteiger partial charge in [0.25, 0.3) is 5.91 Å². The molecule has 33 heavy (non-hydrogen) atoms. The van der Waals surface area contributed by atoms with Crippen molar-refractivity contribution in [3.05, 3.63) is 94.0 Å². The van der Waals surface area contributed by atoms with E-state index in [1.54, 1.807) is 41.3 Å². The van der Waals surface area contributed by atoms with E-state index >= 15 is 0 Å². The third-order valence-corrected chi connectivity index (χ3v) is 5.73. The molecule has 0 radical (unpaired) electrons. The van der Waals surface area contributed by atoms with Gasteiger partial charge in [-0.25, -0.2) is 13.6 Å². The van der Waals surface area contributed by atoms with Gasteiger partial charge in [0, 0.05) is 29.2 Å². The van der Waals surface area contributed by atoms with Crippen LogP contribution in [0.5, 0.6) is 0 Å². The lowest BCUT2D eigenvalue weighted by Gasteiger charge is -2.36. The number of hydrogen-bond acceptors (Lipinski definition) is 2. The van der Waals surface area contributed by atoms with Crippen molar-refractivity contribution < 1.29 is 18.4 Å². The van der Waals surface area contributed by atoms with Crippen molar-refractivity contribution in [2.75, 3.05) is 23.3 Å². The molecule has 3 aromatic rings. The van der Waals surface area contributed by atoms with Crippen molar-refractivity contribution in [2.24, 2.45) is 0 Å². The van der Waals surface area contributed by atoms with Crippen LogP contribution in [-0.4, -0.2) is 29.9 Å². The number of halogens is 3. The van der Waals surface area contributed by atoms with E-state index in [1.807, 2.05) is 13.0 Å². The van der Waals surface area contributed by atoms with E-state index in [9.17, 15) is 18.4 Å². The Balaban J connectivity index is 1.59. The van der Waals surface area contributed by atoms with Crippen LogP contribution in [-0.2, 0) is 6.54 Å². The number of carbonyl (C=O) groups excluding carboxylic acids is 2. The predicted molar refractivity (Wildman–Crippen MR) is 125 cm³/mol. The van der Waals surface area contributed by atoms with Gasteiger partial charge in [-0.2, -0.15) is 0 Å². The largest absolute Gasteiger partial charge is 0.324 e. The summed E-state index contributed by atoms with van der Waals surface area (Å²) < 4.78 is 27.7. The molecular formula is C25H22ClF2N3O2. The van der Waals surface area contributed by atoms with Crippen LogP contribution in [0.4, 0.5) is 25.0 Å². The van der Waals surface area contributed by atoms with E-state index in [4.69, 9.17) is 11.6 Å². The van der Waals surface area contributed by atoms with E-state index in [1.165, 1.54) is 4.90 Å². The lowest BCUT2D eigenvalue weighted by Crippen LogP contribution is -2.49. The smallest absolute Gasteiger partial charge is 0.320 e. The fraction of sp³-hybridized carbons (Fsp3) is 0.200. The van der Waals surface area contributed by atoms with Crippen LogP contribution in [0.3, 0.4) is 0 Å². The zero-order valence-corrected chi connectivity index (χ0v) is 18.7. The van der Waals surface area contributed by atoms with Gasteiger partial charge in [0.05, 0.1) is 17.9 Å². The third-order valence-electron chi connectivity index (χ3n) is 5.48. The van der Waals surface area contributed by atoms with Crippen LogP contribution in [0.25, 0.3) is 0 Å². The molecule has 5 nitrogen and oxygen atoms in total. The van der Waals surface area contributed by atoms with E-state index in [2.05, 4.69) is 5.32 Å². The Hall–Kier alpha value is -3.45. The molecule has 0 bridgehead atoms. The number of urea groups is 1. The number of nitrogens with one attached hydrogen (secondary N) is 1. The molecule has 1 saturated heterocycles. The van der Waals surface area contributed by atoms with Crippen molar-refractivity contribution in [2.45, 2.75) is 19.9 Å². The standard InChI is InChI=1S/C25H22ClF2N3O2/c1-16-3-10-23(22(13-16)29-24(32)17-4-6-19(26)7-5-17)31-12-2-11-30(25(31)33)15-18-14-20(27)8-9-21(18)28/h3-10,13-14H,2,11-12,15H2,1H3,(H,29,32). The summed E-state index contributed by atoms with van der Waals surface area (Å²) in [7, 11) is 0. The first-order valence-corrected chi connectivity index (χ1v) is 10.9. The second-order valence-corrected chi connectivity index (χ2v) is 8.36. The van der Waals surface area contributed by atoms with Crippen LogP contribution in [0.15, 0.2) is 60.7 Å². The molecule has 0 spiro atoms. The number of amides is 3. The van der Waals surface area contributed by atoms with Crippen LogP contribution in [0.2, 0.25) is 5.02 Å². The van der Waals surface area contributed by atoms with Crippen LogP contribution in [0.1, 0.15) is 27.9 Å². The summed E-state index contributed by atoms with van der Waals surface area (Å²) >= 11 is 5.91. The Morgan fingerprint density at radius 1 is 1.03 bits per heavy atom. The van der Waals surface area contributed by atoms with Gasteiger partial charge in [0.2, 0.25) is 0 Å². The van der Waals surface area contributed by atoms with Gasteiger partial charge in [0.1, 0.15) is 11.6 Å². The molecule has 3 aromatic carbocycles. The summed E-state index contributed by atoms with van der Waals surface area (Å²) in [5.74, 6) is -1.45. The maximum absolute atomic E-state index is 14.1. The highest BCUT2D eigenvalue weighted by atomic mass is 35.5. The molecule has 1 fully saturated rings. The van der Waals surface area contributed by atoms with Gasteiger partial charge < -0.3 is 10.2 Å². The fourth-order valence-corrected chi connectivity index (χ4v) is 3.93. The number of benzene rings is 3. The maximum atomic E-state index is 14.1. The summed E-state index contributed by atoms with van der Waals surface area (Å²) in [4.78, 5) is 29.1. The number of aryl methyl sites for hydroxylation is 1. The SMILES string of the molecule is Cc1ccc(N2CCCN(Cc3cc(F)ccc3F)C2=O)c(NC(=O)c2ccc(Cl)cc2)c1. The molecule has 170 valence electrons. The quantitative estimate of drug-likeness (QED) is 0.497. The first-order valence-electron chi connectivity index (χ1n) is 10.5. The zero-order valence-electron chi connectivity index (χ0n) is 17.9. The van der Waals surface area contributed by atoms with Gasteiger partial charge >= 0.3 is 6.03 Å². The lowest BCUT2D eigenvalue weighted by atomic mass is 10.1. The maximum Gasteiger partial charge on any atom is 0.324 e. The molecule has 0 saturated carbocycles. The van der Waals surface area contributed by atoms with Crippen LogP contribution >= 0.6 is 11.6 Å². The highest BCUT2D eigenvalue weighted by molar-refractivity contribution is 6.30. The average Bonchev–Trinajstić information content (AvgIpc) is 2.78. The summed E-state index contributed by atoms with van der Waals surface area (Å²) in [5, 5.41) is 3.41. The molecule has 8 heteroatoms. The number of anilines is 2. The fourth-order valence-electron chi connectivity index (χ4n) is 3.80. The van der Waals surface area contributed by atoms with Gasteiger partial charge in [-0.3, -0.25) is 9.69 Å². The minimum Gasteiger partial charge on any atom is -0.320 e. The highest BCUT2D eigenvalue weighted by Gasteiger charge is 2.29. The number of carbonyl (C=O) groups is 2. The molecular weight excluding hydrogens is 448 g/mol. The first kappa shape index (κ1) is 22.7. The molecule has 0 atom stereocenters. The van der Waals surface area contributed by atoms with Gasteiger partial charge in [-0.05, 0) is 73.5 Å². The molecule has 1 aliphatic heterocycles. The second-order valence-electron chi connectivity index (χ2n) is 7.93. The number of rotatable bonds is 5. The Morgan fingerprint density at radius 3 is 2.55 bits per heavy atom. The summed E-state index contributed by atoms with van der Waals surface area (Å²) in [5.41, 5.74) is 2.48. The van der Waals surface area contributed by atoms with Crippen molar-refractivity contribution in [3.8, 4) is 0 Å². The summed E-state index contributed by atoms with van der Waals surface area (Å²) in [6, 6.07) is 14.8. The van der Waals surface area contributed by atoms with E-state index in [0.29, 0.717) is 41.5 Å². The van der Waals surface area contributed by atoms with E-state index < -0.39 is 11.6 Å². The molecule has 3 amide bonds. The van der Waals surface area contributed by atoms with Crippen molar-refractivity contribution in [1.82, 2.24) is 4.90 Å². The Labute approximate surface area is 195 Å². The lowest BCUT2D eigenvalue weighted by molar-refractivity contribution is 0.102. The zero-order chi connectivity index (χ0) is 23.5. The topological polar surface area (TPSA) is 52.6 Å². The van der Waals surface area contributed by atoms with Gasteiger partial charge in [-0.1, -0.05) is 17.7 Å². The van der Waals surface area contributed by atoms with Gasteiger partial charge in [-0.15, -0.1) is 0 Å². The van der Waals surface area contributed by atoms with Crippen molar-refractivity contribution in [3.63, 3.8) is 0 Å². The first-order chi connectivity index (χ1) is 15.8. The van der Waals surface area contributed by atoms with Crippen molar-refractivity contribution >= 4 is 34.9 Å². The number of hydrogen-bond donors (Lipinski definition) is 1.